The third kappa shape index (κ3) is 4.97. The highest BCUT2D eigenvalue weighted by Gasteiger charge is 2.22. The highest BCUT2D eigenvalue weighted by atomic mass is 16.5. The van der Waals surface area contributed by atoms with Crippen LogP contribution in [-0.4, -0.2) is 62.1 Å². The fraction of sp³-hybridized carbons (Fsp3) is 0.310. The van der Waals surface area contributed by atoms with Gasteiger partial charge in [0.15, 0.2) is 0 Å². The predicted molar refractivity (Wildman–Crippen MR) is 148 cm³/mol. The Morgan fingerprint density at radius 3 is 2.32 bits per heavy atom. The summed E-state index contributed by atoms with van der Waals surface area (Å²) in [5, 5.41) is 9.12. The van der Waals surface area contributed by atoms with Gasteiger partial charge in [0.1, 0.15) is 6.23 Å². The Balaban J connectivity index is 1.10. The number of hydrogen-bond donors (Lipinski definition) is 0. The first-order valence-corrected chi connectivity index (χ1v) is 13.2. The SMILES string of the molecule is CCOC(C)n1cc(-c2ccc3c(N4CCN(c5ncc(Cc6ccccc6)cn5)CC4)cnn3c2)cn1. The second kappa shape index (κ2) is 10.6. The Hall–Kier alpha value is -4.24. The number of nitrogens with zero attached hydrogens (tertiary/aromatic N) is 8. The van der Waals surface area contributed by atoms with Crippen molar-refractivity contribution in [3.63, 3.8) is 0 Å². The molecule has 0 saturated carbocycles. The minimum atomic E-state index is -0.0925. The van der Waals surface area contributed by atoms with Crippen molar-refractivity contribution in [2.45, 2.75) is 26.5 Å². The standard InChI is InChI=1S/C29H32N8O/c1-3-38-22(2)36-21-26(18-32-36)25-9-10-27-28(19-33-37(27)20-25)34-11-13-35(14-12-34)29-30-16-24(17-31-29)15-23-7-5-4-6-8-23/h4-10,16-22H,3,11-15H2,1-2H3. The molecule has 6 rings (SSSR count). The smallest absolute Gasteiger partial charge is 0.225 e. The van der Waals surface area contributed by atoms with Crippen molar-refractivity contribution in [2.24, 2.45) is 0 Å². The van der Waals surface area contributed by atoms with Crippen LogP contribution < -0.4 is 9.80 Å². The molecule has 9 heteroatoms. The van der Waals surface area contributed by atoms with Crippen molar-refractivity contribution in [2.75, 3.05) is 42.6 Å². The number of aromatic nitrogens is 6. The van der Waals surface area contributed by atoms with E-state index in [1.807, 2.05) is 60.1 Å². The molecule has 0 spiro atoms. The fourth-order valence-corrected chi connectivity index (χ4v) is 4.97. The van der Waals surface area contributed by atoms with E-state index in [9.17, 15) is 0 Å². The number of ether oxygens (including phenoxy) is 1. The van der Waals surface area contributed by atoms with E-state index in [-0.39, 0.29) is 6.23 Å². The average Bonchev–Trinajstić information content (AvgIpc) is 3.62. The zero-order chi connectivity index (χ0) is 25.9. The largest absolute Gasteiger partial charge is 0.365 e. The normalized spacial score (nSPS) is 14.8. The first kappa shape index (κ1) is 24.1. The zero-order valence-electron chi connectivity index (χ0n) is 21.8. The fourth-order valence-electron chi connectivity index (χ4n) is 4.97. The lowest BCUT2D eigenvalue weighted by molar-refractivity contribution is 0.0160. The molecule has 4 aromatic heterocycles. The van der Waals surface area contributed by atoms with Crippen LogP contribution in [-0.2, 0) is 11.2 Å². The van der Waals surface area contributed by atoms with E-state index in [1.54, 1.807) is 0 Å². The summed E-state index contributed by atoms with van der Waals surface area (Å²) < 4.78 is 9.44. The van der Waals surface area contributed by atoms with Crippen molar-refractivity contribution in [1.29, 1.82) is 0 Å². The van der Waals surface area contributed by atoms with Gasteiger partial charge in [-0.15, -0.1) is 0 Å². The van der Waals surface area contributed by atoms with Gasteiger partial charge in [0.05, 0.1) is 23.6 Å². The van der Waals surface area contributed by atoms with Gasteiger partial charge in [-0.3, -0.25) is 0 Å². The van der Waals surface area contributed by atoms with E-state index in [4.69, 9.17) is 4.74 Å². The van der Waals surface area contributed by atoms with Crippen molar-refractivity contribution in [3.8, 4) is 11.1 Å². The molecule has 0 amide bonds. The van der Waals surface area contributed by atoms with Gasteiger partial charge in [0.25, 0.3) is 0 Å². The summed E-state index contributed by atoms with van der Waals surface area (Å²) in [5.41, 5.74) is 6.75. The summed E-state index contributed by atoms with van der Waals surface area (Å²) in [7, 11) is 0. The first-order valence-electron chi connectivity index (χ1n) is 13.2. The molecular formula is C29H32N8O. The monoisotopic (exact) mass is 508 g/mol. The van der Waals surface area contributed by atoms with E-state index in [0.29, 0.717) is 6.61 Å². The summed E-state index contributed by atoms with van der Waals surface area (Å²) in [6, 6.07) is 14.7. The molecule has 1 aliphatic heterocycles. The molecule has 0 N–H and O–H groups in total. The molecule has 0 aliphatic carbocycles. The molecule has 0 bridgehead atoms. The summed E-state index contributed by atoms with van der Waals surface area (Å²) in [5.74, 6) is 0.796. The number of rotatable bonds is 8. The van der Waals surface area contributed by atoms with Crippen LogP contribution in [0.25, 0.3) is 16.6 Å². The molecule has 1 unspecified atom stereocenters. The number of pyridine rings is 1. The van der Waals surface area contributed by atoms with E-state index in [1.165, 1.54) is 5.56 Å². The zero-order valence-corrected chi connectivity index (χ0v) is 21.8. The van der Waals surface area contributed by atoms with Crippen LogP contribution in [0, 0.1) is 0 Å². The van der Waals surface area contributed by atoms with E-state index in [2.05, 4.69) is 72.6 Å². The van der Waals surface area contributed by atoms with Crippen LogP contribution in [0.2, 0.25) is 0 Å². The number of hydrogen-bond acceptors (Lipinski definition) is 7. The molecule has 9 nitrogen and oxygen atoms in total. The van der Waals surface area contributed by atoms with Crippen LogP contribution in [0.5, 0.6) is 0 Å². The molecule has 1 aromatic carbocycles. The lowest BCUT2D eigenvalue weighted by Crippen LogP contribution is -2.47. The van der Waals surface area contributed by atoms with E-state index < -0.39 is 0 Å². The molecule has 5 heterocycles. The average molecular weight is 509 g/mol. The quantitative estimate of drug-likeness (QED) is 0.306. The maximum absolute atomic E-state index is 5.65. The second-order valence-electron chi connectivity index (χ2n) is 9.57. The van der Waals surface area contributed by atoms with Crippen LogP contribution in [0.1, 0.15) is 31.2 Å². The van der Waals surface area contributed by atoms with Gasteiger partial charge in [0, 0.05) is 75.1 Å². The third-order valence-corrected chi connectivity index (χ3v) is 7.06. The maximum atomic E-state index is 5.65. The van der Waals surface area contributed by atoms with Gasteiger partial charge < -0.3 is 14.5 Å². The van der Waals surface area contributed by atoms with E-state index in [0.717, 1.165) is 66.4 Å². The summed E-state index contributed by atoms with van der Waals surface area (Å²) in [4.78, 5) is 14.0. The highest BCUT2D eigenvalue weighted by Crippen LogP contribution is 2.27. The molecule has 194 valence electrons. The van der Waals surface area contributed by atoms with Gasteiger partial charge >= 0.3 is 0 Å². The molecular weight excluding hydrogens is 476 g/mol. The molecule has 1 atom stereocenters. The summed E-state index contributed by atoms with van der Waals surface area (Å²) in [6.45, 7) is 8.15. The van der Waals surface area contributed by atoms with Crippen LogP contribution in [0.15, 0.2) is 79.6 Å². The molecule has 1 aliphatic rings. The Morgan fingerprint density at radius 2 is 1.55 bits per heavy atom. The molecule has 0 radical (unpaired) electrons. The minimum absolute atomic E-state index is 0.0925. The first-order chi connectivity index (χ1) is 18.7. The lowest BCUT2D eigenvalue weighted by atomic mass is 10.1. The Kier molecular flexibility index (Phi) is 6.75. The van der Waals surface area contributed by atoms with Crippen LogP contribution in [0.3, 0.4) is 0 Å². The van der Waals surface area contributed by atoms with Crippen molar-refractivity contribution < 1.29 is 4.74 Å². The Bertz CT molecular complexity index is 1490. The van der Waals surface area contributed by atoms with Crippen molar-refractivity contribution >= 4 is 17.2 Å². The van der Waals surface area contributed by atoms with Gasteiger partial charge in [-0.1, -0.05) is 36.4 Å². The summed E-state index contributed by atoms with van der Waals surface area (Å²) >= 11 is 0. The predicted octanol–water partition coefficient (Wildman–Crippen LogP) is 4.46. The number of anilines is 2. The Labute approximate surface area is 222 Å². The minimum Gasteiger partial charge on any atom is -0.365 e. The lowest BCUT2D eigenvalue weighted by Gasteiger charge is -2.35. The van der Waals surface area contributed by atoms with Gasteiger partial charge in [-0.05, 0) is 31.0 Å². The molecule has 5 aromatic rings. The van der Waals surface area contributed by atoms with E-state index >= 15 is 0 Å². The van der Waals surface area contributed by atoms with Gasteiger partial charge in [0.2, 0.25) is 5.95 Å². The second-order valence-corrected chi connectivity index (χ2v) is 9.57. The molecule has 1 fully saturated rings. The number of piperazine rings is 1. The van der Waals surface area contributed by atoms with Crippen molar-refractivity contribution in [3.05, 3.63) is 90.8 Å². The van der Waals surface area contributed by atoms with Gasteiger partial charge in [-0.2, -0.15) is 10.2 Å². The third-order valence-electron chi connectivity index (χ3n) is 7.06. The molecule has 1 saturated heterocycles. The van der Waals surface area contributed by atoms with Crippen LogP contribution in [0.4, 0.5) is 11.6 Å². The van der Waals surface area contributed by atoms with Crippen LogP contribution >= 0.6 is 0 Å². The van der Waals surface area contributed by atoms with Gasteiger partial charge in [-0.25, -0.2) is 19.2 Å². The summed E-state index contributed by atoms with van der Waals surface area (Å²) in [6.07, 6.45) is 12.6. The maximum Gasteiger partial charge on any atom is 0.225 e. The highest BCUT2D eigenvalue weighted by molar-refractivity contribution is 5.75. The topological polar surface area (TPSA) is 76.6 Å². The Morgan fingerprint density at radius 1 is 0.789 bits per heavy atom. The number of benzene rings is 1. The molecule has 38 heavy (non-hydrogen) atoms. The number of fused-ring (bicyclic) bond motifs is 1. The van der Waals surface area contributed by atoms with Crippen molar-refractivity contribution in [1.82, 2.24) is 29.4 Å².